The monoisotopic (exact) mass is 378 g/mol. The molecule has 8 nitrogen and oxygen atoms in total. The Kier molecular flexibility index (Phi) is 19.2. The van der Waals surface area contributed by atoms with Gasteiger partial charge in [0.25, 0.3) is 0 Å². The Labute approximate surface area is 156 Å². The lowest BCUT2D eigenvalue weighted by atomic mass is 10.3. The largest absolute Gasteiger partial charge is 0.466 e. The standard InChI is InChI=1S/C18H34O8/c1-3-25-17(19)7-5-9-21-11-13-23-15-16-24-14-12-22-10-6-8-18(20)26-4-2/h3-16H2,1-2H3. The smallest absolute Gasteiger partial charge is 0.305 e. The molecule has 0 bridgehead atoms. The second-order valence-corrected chi connectivity index (χ2v) is 5.27. The van der Waals surface area contributed by atoms with E-state index in [0.717, 1.165) is 0 Å². The number of carbonyl (C=O) groups excluding carboxylic acids is 2. The van der Waals surface area contributed by atoms with E-state index < -0.39 is 0 Å². The van der Waals surface area contributed by atoms with Gasteiger partial charge in [-0.3, -0.25) is 9.59 Å². The minimum Gasteiger partial charge on any atom is -0.466 e. The summed E-state index contributed by atoms with van der Waals surface area (Å²) in [4.78, 5) is 22.2. The first-order valence-corrected chi connectivity index (χ1v) is 9.32. The van der Waals surface area contributed by atoms with Gasteiger partial charge in [0.2, 0.25) is 0 Å². The SMILES string of the molecule is CCOC(=O)CCCOCCOCCOCCOCCCC(=O)OCC. The van der Waals surface area contributed by atoms with Crippen LogP contribution in [0.2, 0.25) is 0 Å². The second kappa shape index (κ2) is 20.1. The summed E-state index contributed by atoms with van der Waals surface area (Å²) in [5.74, 6) is -0.375. The van der Waals surface area contributed by atoms with Gasteiger partial charge in [-0.15, -0.1) is 0 Å². The van der Waals surface area contributed by atoms with E-state index in [0.29, 0.717) is 91.8 Å². The molecular weight excluding hydrogens is 344 g/mol. The molecule has 0 unspecified atom stereocenters. The van der Waals surface area contributed by atoms with E-state index in [1.54, 1.807) is 13.8 Å². The highest BCUT2D eigenvalue weighted by Crippen LogP contribution is 1.95. The summed E-state index contributed by atoms with van der Waals surface area (Å²) in [5.41, 5.74) is 0. The lowest BCUT2D eigenvalue weighted by molar-refractivity contribution is -0.144. The Bertz CT molecular complexity index is 303. The molecule has 0 saturated carbocycles. The molecule has 0 aliphatic carbocycles. The van der Waals surface area contributed by atoms with Crippen LogP contribution in [0.15, 0.2) is 0 Å². The molecule has 0 radical (unpaired) electrons. The highest BCUT2D eigenvalue weighted by atomic mass is 16.6. The molecular formula is C18H34O8. The summed E-state index contributed by atoms with van der Waals surface area (Å²) in [6, 6.07) is 0. The van der Waals surface area contributed by atoms with E-state index in [1.807, 2.05) is 0 Å². The van der Waals surface area contributed by atoms with E-state index in [1.165, 1.54) is 0 Å². The molecule has 0 aromatic rings. The molecule has 0 aromatic carbocycles. The molecule has 0 aliphatic rings. The predicted octanol–water partition coefficient (Wildman–Crippen LogP) is 1.74. The van der Waals surface area contributed by atoms with Gasteiger partial charge in [0, 0.05) is 26.1 Å². The average Bonchev–Trinajstić information content (AvgIpc) is 2.61. The third kappa shape index (κ3) is 19.1. The molecule has 0 saturated heterocycles. The van der Waals surface area contributed by atoms with Gasteiger partial charge in [0.15, 0.2) is 0 Å². The molecule has 0 spiro atoms. The van der Waals surface area contributed by atoms with E-state index >= 15 is 0 Å². The summed E-state index contributed by atoms with van der Waals surface area (Å²) in [6.07, 6.45) is 2.07. The van der Waals surface area contributed by atoms with E-state index in [4.69, 9.17) is 28.4 Å². The molecule has 0 aliphatic heterocycles. The molecule has 0 atom stereocenters. The lowest BCUT2D eigenvalue weighted by Gasteiger charge is -2.07. The van der Waals surface area contributed by atoms with Crippen molar-refractivity contribution >= 4 is 11.9 Å². The van der Waals surface area contributed by atoms with Gasteiger partial charge in [0.05, 0.1) is 52.9 Å². The Morgan fingerprint density at radius 3 is 1.15 bits per heavy atom. The quantitative estimate of drug-likeness (QED) is 0.248. The Morgan fingerprint density at radius 2 is 0.846 bits per heavy atom. The van der Waals surface area contributed by atoms with Crippen molar-refractivity contribution in [2.24, 2.45) is 0 Å². The van der Waals surface area contributed by atoms with Crippen molar-refractivity contribution in [1.29, 1.82) is 0 Å². The average molecular weight is 378 g/mol. The maximum Gasteiger partial charge on any atom is 0.305 e. The van der Waals surface area contributed by atoms with Gasteiger partial charge in [-0.05, 0) is 26.7 Å². The number of carbonyl (C=O) groups is 2. The lowest BCUT2D eigenvalue weighted by Crippen LogP contribution is -2.13. The third-order valence-corrected chi connectivity index (χ3v) is 3.07. The normalized spacial score (nSPS) is 10.7. The van der Waals surface area contributed by atoms with Crippen molar-refractivity contribution in [3.63, 3.8) is 0 Å². The molecule has 0 aromatic heterocycles. The Balaban J connectivity index is 3.09. The highest BCUT2D eigenvalue weighted by Gasteiger charge is 2.01. The first-order chi connectivity index (χ1) is 12.7. The summed E-state index contributed by atoms with van der Waals surface area (Å²) < 4.78 is 31.1. The second-order valence-electron chi connectivity index (χ2n) is 5.27. The van der Waals surface area contributed by atoms with Crippen LogP contribution in [0.4, 0.5) is 0 Å². The van der Waals surface area contributed by atoms with Crippen molar-refractivity contribution in [1.82, 2.24) is 0 Å². The van der Waals surface area contributed by atoms with Gasteiger partial charge < -0.3 is 28.4 Å². The summed E-state index contributed by atoms with van der Waals surface area (Å²) >= 11 is 0. The molecule has 154 valence electrons. The fourth-order valence-corrected chi connectivity index (χ4v) is 1.87. The number of hydrogen-bond acceptors (Lipinski definition) is 8. The van der Waals surface area contributed by atoms with Crippen LogP contribution in [0.1, 0.15) is 39.5 Å². The maximum absolute atomic E-state index is 11.1. The summed E-state index contributed by atoms with van der Waals surface area (Å²) in [6.45, 7) is 8.41. The van der Waals surface area contributed by atoms with Crippen LogP contribution < -0.4 is 0 Å². The van der Waals surface area contributed by atoms with Gasteiger partial charge in [-0.1, -0.05) is 0 Å². The minimum atomic E-state index is -0.188. The molecule has 0 heterocycles. The molecule has 0 rings (SSSR count). The van der Waals surface area contributed by atoms with Gasteiger partial charge in [0.1, 0.15) is 0 Å². The van der Waals surface area contributed by atoms with Crippen molar-refractivity contribution < 1.29 is 38.0 Å². The summed E-state index contributed by atoms with van der Waals surface area (Å²) in [7, 11) is 0. The van der Waals surface area contributed by atoms with E-state index in [9.17, 15) is 9.59 Å². The van der Waals surface area contributed by atoms with E-state index in [2.05, 4.69) is 0 Å². The van der Waals surface area contributed by atoms with Crippen molar-refractivity contribution in [3.05, 3.63) is 0 Å². The van der Waals surface area contributed by atoms with Gasteiger partial charge in [-0.2, -0.15) is 0 Å². The van der Waals surface area contributed by atoms with Crippen LogP contribution in [0, 0.1) is 0 Å². The third-order valence-electron chi connectivity index (χ3n) is 3.07. The maximum atomic E-state index is 11.1. The zero-order chi connectivity index (χ0) is 19.3. The van der Waals surface area contributed by atoms with Crippen LogP contribution in [0.25, 0.3) is 0 Å². The topological polar surface area (TPSA) is 89.5 Å². The van der Waals surface area contributed by atoms with Crippen LogP contribution in [0.3, 0.4) is 0 Å². The zero-order valence-electron chi connectivity index (χ0n) is 16.2. The number of hydrogen-bond donors (Lipinski definition) is 0. The molecule has 0 N–H and O–H groups in total. The Morgan fingerprint density at radius 1 is 0.538 bits per heavy atom. The number of esters is 2. The minimum absolute atomic E-state index is 0.188. The zero-order valence-corrected chi connectivity index (χ0v) is 16.2. The molecule has 0 amide bonds. The van der Waals surface area contributed by atoms with Crippen molar-refractivity contribution in [3.8, 4) is 0 Å². The van der Waals surface area contributed by atoms with Gasteiger partial charge in [-0.25, -0.2) is 0 Å². The Hall–Kier alpha value is -1.22. The summed E-state index contributed by atoms with van der Waals surface area (Å²) in [5, 5.41) is 0. The molecule has 0 fully saturated rings. The van der Waals surface area contributed by atoms with Gasteiger partial charge >= 0.3 is 11.9 Å². The van der Waals surface area contributed by atoms with Crippen LogP contribution in [-0.2, 0) is 38.0 Å². The van der Waals surface area contributed by atoms with Crippen molar-refractivity contribution in [2.45, 2.75) is 39.5 Å². The highest BCUT2D eigenvalue weighted by molar-refractivity contribution is 5.69. The number of ether oxygens (including phenoxy) is 6. The van der Waals surface area contributed by atoms with Crippen molar-refractivity contribution in [2.75, 3.05) is 66.1 Å². The molecule has 26 heavy (non-hydrogen) atoms. The fraction of sp³-hybridized carbons (Fsp3) is 0.889. The van der Waals surface area contributed by atoms with Crippen LogP contribution in [-0.4, -0.2) is 78.0 Å². The van der Waals surface area contributed by atoms with E-state index in [-0.39, 0.29) is 11.9 Å². The molecule has 8 heteroatoms. The van der Waals surface area contributed by atoms with Crippen LogP contribution >= 0.6 is 0 Å². The van der Waals surface area contributed by atoms with Crippen LogP contribution in [0.5, 0.6) is 0 Å². The fourth-order valence-electron chi connectivity index (χ4n) is 1.87. The predicted molar refractivity (Wildman–Crippen MR) is 95.0 cm³/mol. The first-order valence-electron chi connectivity index (χ1n) is 9.32. The number of rotatable bonds is 19. The first kappa shape index (κ1) is 24.8.